The van der Waals surface area contributed by atoms with Crippen LogP contribution in [0.15, 0.2) is 42.5 Å². The van der Waals surface area contributed by atoms with Crippen molar-refractivity contribution in [3.05, 3.63) is 64.2 Å². The number of halogens is 1. The number of nitriles is 1. The molecule has 0 N–H and O–H groups in total. The van der Waals surface area contributed by atoms with Gasteiger partial charge in [-0.1, -0.05) is 29.8 Å². The van der Waals surface area contributed by atoms with Gasteiger partial charge in [0.15, 0.2) is 0 Å². The number of carbonyl (C=O) groups excluding carboxylic acids is 1. The van der Waals surface area contributed by atoms with E-state index in [1.165, 1.54) is 0 Å². The van der Waals surface area contributed by atoms with Crippen LogP contribution in [-0.4, -0.2) is 24.7 Å². The van der Waals surface area contributed by atoms with Crippen LogP contribution in [0.3, 0.4) is 0 Å². The van der Waals surface area contributed by atoms with Crippen LogP contribution >= 0.6 is 11.6 Å². The maximum atomic E-state index is 12.5. The molecule has 5 nitrogen and oxygen atoms in total. The molecule has 2 aromatic rings. The molecule has 2 fully saturated rings. The fourth-order valence-corrected chi connectivity index (χ4v) is 4.44. The van der Waals surface area contributed by atoms with Gasteiger partial charge >= 0.3 is 5.97 Å². The van der Waals surface area contributed by atoms with Crippen molar-refractivity contribution in [1.29, 1.82) is 5.26 Å². The molecule has 0 spiro atoms. The number of hydroxylamine groups is 1. The maximum absolute atomic E-state index is 12.5. The smallest absolute Gasteiger partial charge is 0.338 e. The molecule has 6 heteroatoms. The number of anilines is 1. The molecule has 0 bridgehead atoms. The first-order chi connectivity index (χ1) is 13.6. The van der Waals surface area contributed by atoms with Gasteiger partial charge in [0, 0.05) is 5.92 Å². The predicted octanol–water partition coefficient (Wildman–Crippen LogP) is 4.67. The molecular formula is C22H21ClN2O3. The largest absolute Gasteiger partial charge is 0.458 e. The van der Waals surface area contributed by atoms with Crippen LogP contribution in [0.4, 0.5) is 5.69 Å². The third-order valence-electron chi connectivity index (χ3n) is 5.69. The monoisotopic (exact) mass is 396 g/mol. The average Bonchev–Trinajstić information content (AvgIpc) is 3.14. The van der Waals surface area contributed by atoms with Crippen LogP contribution in [0.25, 0.3) is 0 Å². The Hall–Kier alpha value is -2.55. The molecule has 1 heterocycles. The van der Waals surface area contributed by atoms with Gasteiger partial charge in [-0.15, -0.1) is 0 Å². The molecule has 1 aliphatic carbocycles. The zero-order chi connectivity index (χ0) is 19.7. The van der Waals surface area contributed by atoms with Gasteiger partial charge < -0.3 is 4.74 Å². The Morgan fingerprint density at radius 3 is 2.75 bits per heavy atom. The highest BCUT2D eigenvalue weighted by Crippen LogP contribution is 2.42. The molecule has 144 valence electrons. The van der Waals surface area contributed by atoms with E-state index in [-0.39, 0.29) is 24.0 Å². The van der Waals surface area contributed by atoms with Gasteiger partial charge in [0.25, 0.3) is 0 Å². The van der Waals surface area contributed by atoms with E-state index >= 15 is 0 Å². The van der Waals surface area contributed by atoms with E-state index in [9.17, 15) is 10.1 Å². The highest BCUT2D eigenvalue weighted by Gasteiger charge is 2.45. The van der Waals surface area contributed by atoms with Crippen LogP contribution in [0.5, 0.6) is 0 Å². The molecule has 2 aromatic carbocycles. The molecule has 0 radical (unpaired) electrons. The van der Waals surface area contributed by atoms with E-state index in [4.69, 9.17) is 21.2 Å². The van der Waals surface area contributed by atoms with E-state index < -0.39 is 0 Å². The zero-order valence-electron chi connectivity index (χ0n) is 15.6. The number of rotatable bonds is 3. The molecule has 0 amide bonds. The van der Waals surface area contributed by atoms with E-state index in [0.29, 0.717) is 22.8 Å². The molecule has 2 aliphatic rings. The molecule has 2 unspecified atom stereocenters. The summed E-state index contributed by atoms with van der Waals surface area (Å²) in [7, 11) is 0. The van der Waals surface area contributed by atoms with Crippen molar-refractivity contribution in [2.45, 2.75) is 38.3 Å². The summed E-state index contributed by atoms with van der Waals surface area (Å²) in [6.07, 6.45) is 2.39. The van der Waals surface area contributed by atoms with E-state index in [2.05, 4.69) is 6.07 Å². The summed E-state index contributed by atoms with van der Waals surface area (Å²) in [6, 6.07) is 14.9. The van der Waals surface area contributed by atoms with Crippen molar-refractivity contribution < 1.29 is 14.4 Å². The lowest BCUT2D eigenvalue weighted by molar-refractivity contribution is -0.0176. The van der Waals surface area contributed by atoms with Gasteiger partial charge in [0.05, 0.1) is 34.5 Å². The minimum atomic E-state index is -0.276. The number of fused-ring (bicyclic) bond motifs is 1. The van der Waals surface area contributed by atoms with Crippen molar-refractivity contribution in [2.24, 2.45) is 5.92 Å². The lowest BCUT2D eigenvalue weighted by Crippen LogP contribution is -2.46. The van der Waals surface area contributed by atoms with Gasteiger partial charge in [-0.3, -0.25) is 9.90 Å². The lowest BCUT2D eigenvalue weighted by atomic mass is 9.95. The fraction of sp³-hybridized carbons (Fsp3) is 0.364. The quantitative estimate of drug-likeness (QED) is 0.705. The lowest BCUT2D eigenvalue weighted by Gasteiger charge is -2.40. The predicted molar refractivity (Wildman–Crippen MR) is 106 cm³/mol. The maximum Gasteiger partial charge on any atom is 0.338 e. The number of carbonyl (C=O) groups is 1. The number of hydrogen-bond acceptors (Lipinski definition) is 5. The Morgan fingerprint density at radius 1 is 1.21 bits per heavy atom. The minimum Gasteiger partial charge on any atom is -0.458 e. The number of hydrogen-bond donors (Lipinski definition) is 0. The van der Waals surface area contributed by atoms with E-state index in [0.717, 1.165) is 30.5 Å². The van der Waals surface area contributed by atoms with Gasteiger partial charge in [-0.05, 0) is 56.0 Å². The number of ether oxygens (including phenoxy) is 1. The van der Waals surface area contributed by atoms with Crippen molar-refractivity contribution in [1.82, 2.24) is 0 Å². The average molecular weight is 397 g/mol. The number of nitrogens with zero attached hydrogens (tertiary/aromatic N) is 2. The molecule has 28 heavy (non-hydrogen) atoms. The summed E-state index contributed by atoms with van der Waals surface area (Å²) >= 11 is 6.35. The fourth-order valence-electron chi connectivity index (χ4n) is 4.24. The Morgan fingerprint density at radius 2 is 2.00 bits per heavy atom. The number of esters is 1. The molecule has 1 aliphatic heterocycles. The topological polar surface area (TPSA) is 62.6 Å². The molecule has 0 aromatic heterocycles. The standard InChI is InChI=1S/C22H21ClN2O3/c1-14-18(8-7-16(13-24)21(14)23)25-19-9-10-20(17(19)11-12-27-25)28-22(26)15-5-3-2-4-6-15/h2-8,17,19-20H,9-12H2,1H3/t17?,19?,20-/m0/s1. The summed E-state index contributed by atoms with van der Waals surface area (Å²) in [5.41, 5.74) is 2.72. The van der Waals surface area contributed by atoms with Gasteiger partial charge in [0.1, 0.15) is 12.2 Å². The third kappa shape index (κ3) is 3.34. The first kappa shape index (κ1) is 18.8. The van der Waals surface area contributed by atoms with Crippen LogP contribution in [0.1, 0.15) is 40.7 Å². The van der Waals surface area contributed by atoms with Crippen molar-refractivity contribution in [2.75, 3.05) is 11.7 Å². The highest BCUT2D eigenvalue weighted by molar-refractivity contribution is 6.32. The Bertz CT molecular complexity index is 925. The molecular weight excluding hydrogens is 376 g/mol. The van der Waals surface area contributed by atoms with Gasteiger partial charge in [0.2, 0.25) is 0 Å². The second kappa shape index (κ2) is 7.83. The van der Waals surface area contributed by atoms with Crippen LogP contribution in [0, 0.1) is 24.2 Å². The molecule has 1 saturated heterocycles. The first-order valence-corrected chi connectivity index (χ1v) is 9.85. The van der Waals surface area contributed by atoms with Crippen molar-refractivity contribution in [3.63, 3.8) is 0 Å². The van der Waals surface area contributed by atoms with Crippen molar-refractivity contribution in [3.8, 4) is 6.07 Å². The summed E-state index contributed by atoms with van der Waals surface area (Å²) in [6.45, 7) is 2.45. The van der Waals surface area contributed by atoms with Crippen molar-refractivity contribution >= 4 is 23.3 Å². The summed E-state index contributed by atoms with van der Waals surface area (Å²) in [5.74, 6) is -0.0721. The summed E-state index contributed by atoms with van der Waals surface area (Å²) in [5, 5.41) is 11.5. The van der Waals surface area contributed by atoms with E-state index in [1.54, 1.807) is 18.2 Å². The summed E-state index contributed by atoms with van der Waals surface area (Å²) in [4.78, 5) is 18.5. The molecule has 1 saturated carbocycles. The Labute approximate surface area is 169 Å². The van der Waals surface area contributed by atoms with Gasteiger partial charge in [-0.25, -0.2) is 4.79 Å². The normalized spacial score (nSPS) is 23.8. The second-order valence-corrected chi connectivity index (χ2v) is 7.63. The SMILES string of the molecule is Cc1c(N2OCCC3C2CC[C@@H]3OC(=O)c2ccccc2)ccc(C#N)c1Cl. The van der Waals surface area contributed by atoms with E-state index in [1.807, 2.05) is 36.3 Å². The Kier molecular flexibility index (Phi) is 5.25. The van der Waals surface area contributed by atoms with Crippen LogP contribution in [0.2, 0.25) is 5.02 Å². The summed E-state index contributed by atoms with van der Waals surface area (Å²) < 4.78 is 5.85. The highest BCUT2D eigenvalue weighted by atomic mass is 35.5. The van der Waals surface area contributed by atoms with Crippen LogP contribution in [-0.2, 0) is 9.57 Å². The molecule has 3 atom stereocenters. The van der Waals surface area contributed by atoms with Gasteiger partial charge in [-0.2, -0.15) is 5.26 Å². The zero-order valence-corrected chi connectivity index (χ0v) is 16.4. The first-order valence-electron chi connectivity index (χ1n) is 9.47. The third-order valence-corrected chi connectivity index (χ3v) is 6.17. The van der Waals surface area contributed by atoms with Crippen LogP contribution < -0.4 is 5.06 Å². The molecule has 4 rings (SSSR count). The Balaban J connectivity index is 1.53. The second-order valence-electron chi connectivity index (χ2n) is 7.25. The number of benzene rings is 2. The minimum absolute atomic E-state index is 0.116.